The SMILES string of the molecule is CCN(C(C)=O)c1nc(/C=C2\SC(=O)N(Cc3ccc(C(=O)OC)cc3)C2=O)cs1. The molecule has 0 unspecified atom stereocenters. The van der Waals surface area contributed by atoms with Gasteiger partial charge in [-0.1, -0.05) is 12.1 Å². The standard InChI is InChI=1S/C20H19N3O5S2/c1-4-22(12(2)24)19-21-15(11-29-19)9-16-17(25)23(20(27)30-16)10-13-5-7-14(8-6-13)18(26)28-3/h5-9,11H,4,10H2,1-3H3/b16-9-. The zero-order chi connectivity index (χ0) is 21.8. The molecule has 156 valence electrons. The number of nitrogens with zero attached hydrogens (tertiary/aromatic N) is 3. The van der Waals surface area contributed by atoms with E-state index in [1.165, 1.54) is 30.3 Å². The second kappa shape index (κ2) is 9.23. The van der Waals surface area contributed by atoms with Crippen LogP contribution in [-0.2, 0) is 20.9 Å². The van der Waals surface area contributed by atoms with Gasteiger partial charge in [0.05, 0.1) is 29.8 Å². The first-order valence-electron chi connectivity index (χ1n) is 9.00. The summed E-state index contributed by atoms with van der Waals surface area (Å²) in [6.07, 6.45) is 1.55. The second-order valence-corrected chi connectivity index (χ2v) is 8.10. The van der Waals surface area contributed by atoms with E-state index in [4.69, 9.17) is 0 Å². The highest BCUT2D eigenvalue weighted by atomic mass is 32.2. The highest BCUT2D eigenvalue weighted by Gasteiger charge is 2.35. The van der Waals surface area contributed by atoms with Gasteiger partial charge >= 0.3 is 5.97 Å². The van der Waals surface area contributed by atoms with E-state index in [-0.39, 0.29) is 22.6 Å². The molecule has 1 aromatic heterocycles. The monoisotopic (exact) mass is 445 g/mol. The Morgan fingerprint density at radius 2 is 1.93 bits per heavy atom. The maximum atomic E-state index is 12.7. The van der Waals surface area contributed by atoms with E-state index < -0.39 is 11.9 Å². The summed E-state index contributed by atoms with van der Waals surface area (Å²) in [5.74, 6) is -0.975. The van der Waals surface area contributed by atoms with Crippen molar-refractivity contribution in [1.29, 1.82) is 0 Å². The maximum Gasteiger partial charge on any atom is 0.337 e. The number of methoxy groups -OCH3 is 1. The van der Waals surface area contributed by atoms with Crippen molar-refractivity contribution in [3.63, 3.8) is 0 Å². The number of carbonyl (C=O) groups is 4. The average Bonchev–Trinajstić information content (AvgIpc) is 3.28. The number of hydrogen-bond donors (Lipinski definition) is 0. The van der Waals surface area contributed by atoms with E-state index >= 15 is 0 Å². The Hall–Kier alpha value is -2.98. The number of benzene rings is 1. The fourth-order valence-corrected chi connectivity index (χ4v) is 4.49. The summed E-state index contributed by atoms with van der Waals surface area (Å²) in [5, 5.41) is 1.90. The number of rotatable bonds is 6. The molecule has 1 aromatic carbocycles. The number of carbonyl (C=O) groups excluding carboxylic acids is 4. The van der Waals surface area contributed by atoms with E-state index in [1.807, 2.05) is 6.92 Å². The molecule has 1 aliphatic heterocycles. The van der Waals surface area contributed by atoms with Gasteiger partial charge in [-0.2, -0.15) is 0 Å². The first-order chi connectivity index (χ1) is 14.3. The molecule has 10 heteroatoms. The number of thioether (sulfide) groups is 1. The lowest BCUT2D eigenvalue weighted by atomic mass is 10.1. The minimum atomic E-state index is -0.454. The maximum absolute atomic E-state index is 12.7. The zero-order valence-corrected chi connectivity index (χ0v) is 18.2. The van der Waals surface area contributed by atoms with Crippen molar-refractivity contribution in [3.8, 4) is 0 Å². The number of thiazole rings is 1. The minimum absolute atomic E-state index is 0.0969. The largest absolute Gasteiger partial charge is 0.465 e. The molecule has 3 amide bonds. The molecule has 8 nitrogen and oxygen atoms in total. The normalized spacial score (nSPS) is 15.0. The van der Waals surface area contributed by atoms with Gasteiger partial charge in [0.1, 0.15) is 0 Å². The van der Waals surface area contributed by atoms with E-state index in [2.05, 4.69) is 9.72 Å². The lowest BCUT2D eigenvalue weighted by molar-refractivity contribution is -0.123. The second-order valence-electron chi connectivity index (χ2n) is 6.27. The van der Waals surface area contributed by atoms with Crippen LogP contribution in [0.1, 0.15) is 35.5 Å². The van der Waals surface area contributed by atoms with Crippen LogP contribution in [0.2, 0.25) is 0 Å². The van der Waals surface area contributed by atoms with Crippen LogP contribution in [0.15, 0.2) is 34.6 Å². The highest BCUT2D eigenvalue weighted by Crippen LogP contribution is 2.34. The highest BCUT2D eigenvalue weighted by molar-refractivity contribution is 8.18. The van der Waals surface area contributed by atoms with Crippen molar-refractivity contribution in [2.45, 2.75) is 20.4 Å². The van der Waals surface area contributed by atoms with Crippen LogP contribution < -0.4 is 4.90 Å². The number of esters is 1. The summed E-state index contributed by atoms with van der Waals surface area (Å²) >= 11 is 2.14. The Balaban J connectivity index is 1.74. The lowest BCUT2D eigenvalue weighted by Crippen LogP contribution is -2.27. The topological polar surface area (TPSA) is 96.9 Å². The third kappa shape index (κ3) is 4.60. The van der Waals surface area contributed by atoms with Crippen LogP contribution in [0.3, 0.4) is 0 Å². The van der Waals surface area contributed by atoms with Crippen LogP contribution in [-0.4, -0.2) is 46.6 Å². The molecule has 0 N–H and O–H groups in total. The first-order valence-corrected chi connectivity index (χ1v) is 10.7. The van der Waals surface area contributed by atoms with Crippen LogP contribution in [0, 0.1) is 0 Å². The van der Waals surface area contributed by atoms with Gasteiger partial charge in [-0.3, -0.25) is 24.2 Å². The van der Waals surface area contributed by atoms with Gasteiger partial charge in [-0.15, -0.1) is 11.3 Å². The van der Waals surface area contributed by atoms with Crippen molar-refractivity contribution in [1.82, 2.24) is 9.88 Å². The van der Waals surface area contributed by atoms with E-state index in [0.29, 0.717) is 28.5 Å². The van der Waals surface area contributed by atoms with Crippen molar-refractivity contribution in [2.24, 2.45) is 0 Å². The van der Waals surface area contributed by atoms with Crippen molar-refractivity contribution < 1.29 is 23.9 Å². The number of amides is 3. The lowest BCUT2D eigenvalue weighted by Gasteiger charge is -2.14. The summed E-state index contributed by atoms with van der Waals surface area (Å²) in [4.78, 5) is 55.5. The predicted octanol–water partition coefficient (Wildman–Crippen LogP) is 3.54. The van der Waals surface area contributed by atoms with Crippen molar-refractivity contribution in [3.05, 3.63) is 51.4 Å². The van der Waals surface area contributed by atoms with Gasteiger partial charge in [0.25, 0.3) is 11.1 Å². The number of hydrogen-bond acceptors (Lipinski definition) is 8. The third-order valence-electron chi connectivity index (χ3n) is 4.31. The minimum Gasteiger partial charge on any atom is -0.465 e. The zero-order valence-electron chi connectivity index (χ0n) is 16.6. The van der Waals surface area contributed by atoms with Crippen LogP contribution in [0.25, 0.3) is 6.08 Å². The fraction of sp³-hybridized carbons (Fsp3) is 0.250. The molecule has 3 rings (SSSR count). The number of ether oxygens (including phenoxy) is 1. The molecule has 1 aliphatic rings. The molecule has 2 aromatic rings. The molecule has 30 heavy (non-hydrogen) atoms. The number of anilines is 1. The van der Waals surface area contributed by atoms with Crippen LogP contribution in [0.5, 0.6) is 0 Å². The number of aromatic nitrogens is 1. The first kappa shape index (κ1) is 21.7. The summed E-state index contributed by atoms with van der Waals surface area (Å²) in [7, 11) is 1.30. The van der Waals surface area contributed by atoms with E-state index in [0.717, 1.165) is 16.7 Å². The van der Waals surface area contributed by atoms with Crippen molar-refractivity contribution >= 4 is 57.3 Å². The molecule has 1 fully saturated rings. The summed E-state index contributed by atoms with van der Waals surface area (Å²) in [5.41, 5.74) is 1.62. The molecule has 0 spiro atoms. The average molecular weight is 446 g/mol. The quantitative estimate of drug-likeness (QED) is 0.496. The fourth-order valence-electron chi connectivity index (χ4n) is 2.78. The molecule has 0 bridgehead atoms. The van der Waals surface area contributed by atoms with Crippen LogP contribution in [0.4, 0.5) is 9.93 Å². The van der Waals surface area contributed by atoms with Gasteiger partial charge in [0.2, 0.25) is 5.91 Å². The van der Waals surface area contributed by atoms with E-state index in [9.17, 15) is 19.2 Å². The van der Waals surface area contributed by atoms with E-state index in [1.54, 1.807) is 35.7 Å². The Morgan fingerprint density at radius 1 is 1.23 bits per heavy atom. The smallest absolute Gasteiger partial charge is 0.337 e. The Morgan fingerprint density at radius 3 is 2.53 bits per heavy atom. The summed E-state index contributed by atoms with van der Waals surface area (Å²) < 4.78 is 4.66. The predicted molar refractivity (Wildman–Crippen MR) is 115 cm³/mol. The van der Waals surface area contributed by atoms with Gasteiger partial charge in [0, 0.05) is 18.8 Å². The molecular weight excluding hydrogens is 426 g/mol. The molecule has 2 heterocycles. The Labute approximate surface area is 181 Å². The van der Waals surface area contributed by atoms with Gasteiger partial charge in [-0.25, -0.2) is 9.78 Å². The van der Waals surface area contributed by atoms with Gasteiger partial charge in [0.15, 0.2) is 5.13 Å². The summed E-state index contributed by atoms with van der Waals surface area (Å²) in [6, 6.07) is 6.52. The third-order valence-corrected chi connectivity index (χ3v) is 6.09. The molecular formula is C20H19N3O5S2. The molecule has 0 atom stereocenters. The Bertz CT molecular complexity index is 1030. The number of imide groups is 1. The molecule has 0 radical (unpaired) electrons. The summed E-state index contributed by atoms with van der Waals surface area (Å²) in [6.45, 7) is 3.91. The van der Waals surface area contributed by atoms with Gasteiger partial charge < -0.3 is 4.74 Å². The molecule has 0 aliphatic carbocycles. The van der Waals surface area contributed by atoms with Crippen molar-refractivity contribution in [2.75, 3.05) is 18.6 Å². The molecule has 1 saturated heterocycles. The van der Waals surface area contributed by atoms with Gasteiger partial charge in [-0.05, 0) is 42.5 Å². The Kier molecular flexibility index (Phi) is 6.68. The van der Waals surface area contributed by atoms with Crippen LogP contribution >= 0.6 is 23.1 Å². The molecule has 0 saturated carbocycles.